The largest absolute Gasteiger partial charge is 0.461 e. The molecule has 34 heavy (non-hydrogen) atoms. The van der Waals surface area contributed by atoms with Crippen LogP contribution < -0.4 is 0 Å². The van der Waals surface area contributed by atoms with Crippen LogP contribution in [0.4, 0.5) is 0 Å². The van der Waals surface area contributed by atoms with Gasteiger partial charge in [-0.15, -0.1) is 22.8 Å². The van der Waals surface area contributed by atoms with Crippen molar-refractivity contribution in [3.05, 3.63) is 109 Å². The standard InChI is InChI=1S/C28H19N4O.Ir/c1-19-30-25-16-15-22(17-26(25)33-19)28-31-29-18-32(28)27-23(20-9-4-2-5-10-20)13-8-14-24(27)21-11-6-3-7-12-21;/h2-14,16-18H,1H3;/q-1;. The zero-order chi connectivity index (χ0) is 22.2. The second-order valence-corrected chi connectivity index (χ2v) is 7.79. The Morgan fingerprint density at radius 3 is 2.12 bits per heavy atom. The first kappa shape index (κ1) is 22.0. The van der Waals surface area contributed by atoms with E-state index < -0.39 is 0 Å². The molecule has 1 radical (unpaired) electrons. The van der Waals surface area contributed by atoms with E-state index in [4.69, 9.17) is 4.42 Å². The van der Waals surface area contributed by atoms with Crippen molar-refractivity contribution in [1.82, 2.24) is 19.7 Å². The summed E-state index contributed by atoms with van der Waals surface area (Å²) in [7, 11) is 0. The molecule has 0 amide bonds. The van der Waals surface area contributed by atoms with Gasteiger partial charge in [0.1, 0.15) is 6.33 Å². The third-order valence-corrected chi connectivity index (χ3v) is 5.66. The molecule has 0 aliphatic rings. The van der Waals surface area contributed by atoms with E-state index in [1.165, 1.54) is 0 Å². The van der Waals surface area contributed by atoms with Gasteiger partial charge in [-0.3, -0.25) is 4.98 Å². The Labute approximate surface area is 210 Å². The fraction of sp³-hybridized carbons (Fsp3) is 0.0357. The first-order chi connectivity index (χ1) is 16.3. The topological polar surface area (TPSA) is 56.7 Å². The normalized spacial score (nSPS) is 10.9. The monoisotopic (exact) mass is 620 g/mol. The van der Waals surface area contributed by atoms with Crippen LogP contribution in [0.5, 0.6) is 0 Å². The zero-order valence-electron chi connectivity index (χ0n) is 18.3. The van der Waals surface area contributed by atoms with E-state index in [0.717, 1.165) is 39.0 Å². The van der Waals surface area contributed by atoms with Crippen LogP contribution in [0.25, 0.3) is 50.4 Å². The minimum Gasteiger partial charge on any atom is -0.461 e. The third kappa shape index (κ3) is 3.87. The van der Waals surface area contributed by atoms with E-state index in [1.807, 2.05) is 35.8 Å². The van der Waals surface area contributed by atoms with Gasteiger partial charge in [0, 0.05) is 43.7 Å². The molecule has 6 rings (SSSR count). The van der Waals surface area contributed by atoms with Crippen molar-refractivity contribution < 1.29 is 24.5 Å². The van der Waals surface area contributed by atoms with Gasteiger partial charge in [0.2, 0.25) is 0 Å². The minimum absolute atomic E-state index is 0. The summed E-state index contributed by atoms with van der Waals surface area (Å²) in [6.45, 7) is 1.84. The summed E-state index contributed by atoms with van der Waals surface area (Å²) in [5, 5.41) is 8.74. The average Bonchev–Trinajstić information content (AvgIpc) is 3.50. The van der Waals surface area contributed by atoms with Crippen LogP contribution in [0.1, 0.15) is 5.89 Å². The average molecular weight is 620 g/mol. The maximum absolute atomic E-state index is 5.75. The fourth-order valence-corrected chi connectivity index (χ4v) is 4.20. The number of nitrogens with zero attached hydrogens (tertiary/aromatic N) is 4. The van der Waals surface area contributed by atoms with E-state index in [9.17, 15) is 0 Å². The molecule has 5 nitrogen and oxygen atoms in total. The van der Waals surface area contributed by atoms with Gasteiger partial charge in [0.15, 0.2) is 5.89 Å². The molecule has 2 aromatic heterocycles. The molecule has 0 aliphatic heterocycles. The van der Waals surface area contributed by atoms with Gasteiger partial charge in [-0.2, -0.15) is 5.10 Å². The first-order valence-corrected chi connectivity index (χ1v) is 10.7. The summed E-state index contributed by atoms with van der Waals surface area (Å²) in [5.41, 5.74) is 7.71. The molecule has 167 valence electrons. The molecule has 0 saturated heterocycles. The molecule has 6 aromatic rings. The van der Waals surface area contributed by atoms with E-state index in [2.05, 4.69) is 88.0 Å². The van der Waals surface area contributed by atoms with Gasteiger partial charge in [0.25, 0.3) is 0 Å². The van der Waals surface area contributed by atoms with Crippen molar-refractivity contribution in [2.45, 2.75) is 6.92 Å². The molecule has 0 fully saturated rings. The second kappa shape index (κ2) is 9.18. The SMILES string of the molecule is Cc1nc2c[c-]c(-c3nncn3-c3c(-c4ccccc4)cccc3-c3ccccc3)cc2o1.[Ir]. The van der Waals surface area contributed by atoms with Gasteiger partial charge in [-0.05, 0) is 11.1 Å². The molecule has 0 saturated carbocycles. The van der Waals surface area contributed by atoms with Crippen molar-refractivity contribution in [3.63, 3.8) is 0 Å². The van der Waals surface area contributed by atoms with Gasteiger partial charge >= 0.3 is 0 Å². The van der Waals surface area contributed by atoms with Crippen LogP contribution in [0, 0.1) is 13.0 Å². The van der Waals surface area contributed by atoms with Crippen molar-refractivity contribution in [2.24, 2.45) is 0 Å². The van der Waals surface area contributed by atoms with E-state index in [-0.39, 0.29) is 20.1 Å². The predicted molar refractivity (Wildman–Crippen MR) is 129 cm³/mol. The molecule has 0 unspecified atom stereocenters. The Morgan fingerprint density at radius 1 is 0.824 bits per heavy atom. The molecule has 0 atom stereocenters. The van der Waals surface area contributed by atoms with Crippen LogP contribution in [0.3, 0.4) is 0 Å². The number of oxazole rings is 1. The molecule has 0 aliphatic carbocycles. The maximum Gasteiger partial charge on any atom is 0.180 e. The molecular formula is C28H19IrN4O-. The number of hydrogen-bond donors (Lipinski definition) is 0. The molecule has 6 heteroatoms. The van der Waals surface area contributed by atoms with Crippen LogP contribution >= 0.6 is 0 Å². The third-order valence-electron chi connectivity index (χ3n) is 5.66. The van der Waals surface area contributed by atoms with E-state index in [1.54, 1.807) is 6.33 Å². The van der Waals surface area contributed by atoms with Gasteiger partial charge in [-0.25, -0.2) is 0 Å². The van der Waals surface area contributed by atoms with Gasteiger partial charge in [0.05, 0.1) is 17.1 Å². The zero-order valence-corrected chi connectivity index (χ0v) is 20.7. The number of benzene rings is 4. The summed E-state index contributed by atoms with van der Waals surface area (Å²) in [6.07, 6.45) is 1.76. The fourth-order valence-electron chi connectivity index (χ4n) is 4.20. The Kier molecular flexibility index (Phi) is 5.93. The molecular weight excluding hydrogens is 601 g/mol. The van der Waals surface area contributed by atoms with Crippen molar-refractivity contribution in [2.75, 3.05) is 0 Å². The number of hydrogen-bond acceptors (Lipinski definition) is 4. The van der Waals surface area contributed by atoms with Crippen molar-refractivity contribution >= 4 is 11.1 Å². The van der Waals surface area contributed by atoms with Crippen LogP contribution in [-0.4, -0.2) is 19.7 Å². The smallest absolute Gasteiger partial charge is 0.180 e. The number of para-hydroxylation sites is 1. The maximum atomic E-state index is 5.75. The molecule has 0 N–H and O–H groups in total. The van der Waals surface area contributed by atoms with Gasteiger partial charge < -0.3 is 8.98 Å². The van der Waals surface area contributed by atoms with Crippen molar-refractivity contribution in [1.29, 1.82) is 0 Å². The second-order valence-electron chi connectivity index (χ2n) is 7.79. The Bertz CT molecular complexity index is 1510. The molecule has 0 spiro atoms. The van der Waals surface area contributed by atoms with Crippen LogP contribution in [-0.2, 0) is 20.1 Å². The number of aryl methyl sites for hydroxylation is 1. The van der Waals surface area contributed by atoms with E-state index in [0.29, 0.717) is 17.3 Å². The van der Waals surface area contributed by atoms with Crippen molar-refractivity contribution in [3.8, 4) is 39.3 Å². The Morgan fingerprint density at radius 2 is 1.47 bits per heavy atom. The summed E-state index contributed by atoms with van der Waals surface area (Å²) in [5.74, 6) is 1.31. The van der Waals surface area contributed by atoms with Crippen LogP contribution in [0.15, 0.2) is 102 Å². The minimum atomic E-state index is 0. The molecule has 2 heterocycles. The summed E-state index contributed by atoms with van der Waals surface area (Å²) >= 11 is 0. The Hall–Kier alpha value is -3.86. The quantitative estimate of drug-likeness (QED) is 0.211. The summed E-state index contributed by atoms with van der Waals surface area (Å²) < 4.78 is 7.78. The number of fused-ring (bicyclic) bond motifs is 1. The van der Waals surface area contributed by atoms with Crippen LogP contribution in [0.2, 0.25) is 0 Å². The van der Waals surface area contributed by atoms with Gasteiger partial charge in [-0.1, -0.05) is 84.9 Å². The predicted octanol–water partition coefficient (Wildman–Crippen LogP) is 6.52. The first-order valence-electron chi connectivity index (χ1n) is 10.7. The summed E-state index contributed by atoms with van der Waals surface area (Å²) in [6, 6.07) is 34.1. The summed E-state index contributed by atoms with van der Waals surface area (Å²) in [4.78, 5) is 4.38. The molecule has 4 aromatic carbocycles. The molecule has 0 bridgehead atoms. The van der Waals surface area contributed by atoms with E-state index >= 15 is 0 Å². The number of rotatable bonds is 4. The Balaban J connectivity index is 0.00000241. The number of aromatic nitrogens is 4.